The Morgan fingerprint density at radius 2 is 2.10 bits per heavy atom. The molecule has 1 aromatic heterocycles. The highest BCUT2D eigenvalue weighted by atomic mass is 19.1. The van der Waals surface area contributed by atoms with Crippen LogP contribution in [0.15, 0.2) is 24.4 Å². The van der Waals surface area contributed by atoms with E-state index in [9.17, 15) is 4.39 Å². The fourth-order valence-electron chi connectivity index (χ4n) is 2.18. The maximum absolute atomic E-state index is 13.2. The number of halogens is 1. The normalized spacial score (nSPS) is 10.5. The fraction of sp³-hybridized carbons (Fsp3) is 0.333. The SMILES string of the molecule is CCc1nn(C)cc1CNCc1cc(F)ccc1C#N. The van der Waals surface area contributed by atoms with Gasteiger partial charge in [0, 0.05) is 31.9 Å². The number of nitrogens with zero attached hydrogens (tertiary/aromatic N) is 3. The summed E-state index contributed by atoms with van der Waals surface area (Å²) in [5.41, 5.74) is 3.36. The molecular weight excluding hydrogens is 255 g/mol. The third-order valence-corrected chi connectivity index (χ3v) is 3.15. The minimum atomic E-state index is -0.323. The summed E-state index contributed by atoms with van der Waals surface area (Å²) in [6, 6.07) is 6.29. The molecule has 0 aliphatic heterocycles. The Hall–Kier alpha value is -2.19. The zero-order chi connectivity index (χ0) is 14.5. The molecule has 0 unspecified atom stereocenters. The molecular formula is C15H17FN4. The first-order chi connectivity index (χ1) is 9.63. The van der Waals surface area contributed by atoms with Gasteiger partial charge in [-0.25, -0.2) is 4.39 Å². The molecule has 5 heteroatoms. The van der Waals surface area contributed by atoms with E-state index in [2.05, 4.69) is 23.4 Å². The zero-order valence-electron chi connectivity index (χ0n) is 11.7. The van der Waals surface area contributed by atoms with Crippen molar-refractivity contribution >= 4 is 0 Å². The van der Waals surface area contributed by atoms with Gasteiger partial charge in [-0.2, -0.15) is 10.4 Å². The number of rotatable bonds is 5. The third-order valence-electron chi connectivity index (χ3n) is 3.15. The van der Waals surface area contributed by atoms with Crippen LogP contribution in [0.3, 0.4) is 0 Å². The van der Waals surface area contributed by atoms with Gasteiger partial charge in [0.2, 0.25) is 0 Å². The van der Waals surface area contributed by atoms with Gasteiger partial charge in [0.25, 0.3) is 0 Å². The number of aromatic nitrogens is 2. The van der Waals surface area contributed by atoms with Crippen molar-refractivity contribution < 1.29 is 4.39 Å². The molecule has 20 heavy (non-hydrogen) atoms. The molecule has 0 bridgehead atoms. The zero-order valence-corrected chi connectivity index (χ0v) is 11.7. The minimum Gasteiger partial charge on any atom is -0.308 e. The molecule has 0 saturated heterocycles. The minimum absolute atomic E-state index is 0.323. The predicted molar refractivity (Wildman–Crippen MR) is 74.2 cm³/mol. The van der Waals surface area contributed by atoms with Gasteiger partial charge in [0.1, 0.15) is 5.82 Å². The Bertz CT molecular complexity index is 640. The van der Waals surface area contributed by atoms with Gasteiger partial charge in [-0.05, 0) is 30.2 Å². The topological polar surface area (TPSA) is 53.6 Å². The smallest absolute Gasteiger partial charge is 0.123 e. The summed E-state index contributed by atoms with van der Waals surface area (Å²) >= 11 is 0. The molecule has 0 amide bonds. The molecule has 0 spiro atoms. The number of hydrogen-bond acceptors (Lipinski definition) is 3. The van der Waals surface area contributed by atoms with E-state index >= 15 is 0 Å². The predicted octanol–water partition coefficient (Wildman–Crippen LogP) is 2.28. The van der Waals surface area contributed by atoms with Crippen LogP contribution in [-0.4, -0.2) is 9.78 Å². The van der Waals surface area contributed by atoms with Gasteiger partial charge in [-0.3, -0.25) is 4.68 Å². The summed E-state index contributed by atoms with van der Waals surface area (Å²) in [7, 11) is 1.89. The second-order valence-electron chi connectivity index (χ2n) is 4.65. The molecule has 2 aromatic rings. The van der Waals surface area contributed by atoms with Crippen LogP contribution < -0.4 is 5.32 Å². The molecule has 0 aliphatic rings. The Morgan fingerprint density at radius 1 is 1.35 bits per heavy atom. The van der Waals surface area contributed by atoms with Crippen molar-refractivity contribution in [3.63, 3.8) is 0 Å². The Labute approximate surface area is 117 Å². The van der Waals surface area contributed by atoms with E-state index in [1.165, 1.54) is 18.2 Å². The number of nitrogens with one attached hydrogen (secondary N) is 1. The van der Waals surface area contributed by atoms with Crippen LogP contribution in [0.25, 0.3) is 0 Å². The highest BCUT2D eigenvalue weighted by molar-refractivity contribution is 5.37. The average molecular weight is 272 g/mol. The van der Waals surface area contributed by atoms with Gasteiger partial charge >= 0.3 is 0 Å². The average Bonchev–Trinajstić information content (AvgIpc) is 2.79. The molecule has 1 N–H and O–H groups in total. The molecule has 0 aliphatic carbocycles. The molecule has 1 heterocycles. The quantitative estimate of drug-likeness (QED) is 0.908. The lowest BCUT2D eigenvalue weighted by molar-refractivity contribution is 0.619. The van der Waals surface area contributed by atoms with Crippen molar-refractivity contribution in [2.24, 2.45) is 7.05 Å². The Morgan fingerprint density at radius 3 is 2.80 bits per heavy atom. The third kappa shape index (κ3) is 3.22. The van der Waals surface area contributed by atoms with Gasteiger partial charge < -0.3 is 5.32 Å². The molecule has 0 saturated carbocycles. The highest BCUT2D eigenvalue weighted by Gasteiger charge is 2.07. The summed E-state index contributed by atoms with van der Waals surface area (Å²) in [5, 5.41) is 16.6. The number of hydrogen-bond donors (Lipinski definition) is 1. The summed E-state index contributed by atoms with van der Waals surface area (Å²) in [4.78, 5) is 0. The van der Waals surface area contributed by atoms with Crippen LogP contribution >= 0.6 is 0 Å². The van der Waals surface area contributed by atoms with Crippen LogP contribution in [0.1, 0.15) is 29.3 Å². The highest BCUT2D eigenvalue weighted by Crippen LogP contribution is 2.11. The molecule has 4 nitrogen and oxygen atoms in total. The molecule has 1 aromatic carbocycles. The number of nitriles is 1. The lowest BCUT2D eigenvalue weighted by Crippen LogP contribution is -2.14. The van der Waals surface area contributed by atoms with E-state index in [0.29, 0.717) is 24.2 Å². The van der Waals surface area contributed by atoms with Crippen LogP contribution in [0.2, 0.25) is 0 Å². The lowest BCUT2D eigenvalue weighted by atomic mass is 10.1. The van der Waals surface area contributed by atoms with Gasteiger partial charge in [-0.15, -0.1) is 0 Å². The molecule has 0 atom stereocenters. The molecule has 0 fully saturated rings. The summed E-state index contributed by atoms with van der Waals surface area (Å²) in [6.45, 7) is 3.17. The number of aryl methyl sites for hydroxylation is 2. The van der Waals surface area contributed by atoms with Crippen molar-refractivity contribution in [2.75, 3.05) is 0 Å². The van der Waals surface area contributed by atoms with E-state index in [4.69, 9.17) is 5.26 Å². The van der Waals surface area contributed by atoms with Crippen LogP contribution in [0.5, 0.6) is 0 Å². The van der Waals surface area contributed by atoms with Crippen molar-refractivity contribution in [1.82, 2.24) is 15.1 Å². The van der Waals surface area contributed by atoms with E-state index < -0.39 is 0 Å². The second-order valence-corrected chi connectivity index (χ2v) is 4.65. The van der Waals surface area contributed by atoms with Crippen molar-refractivity contribution in [2.45, 2.75) is 26.4 Å². The van der Waals surface area contributed by atoms with E-state index in [1.807, 2.05) is 13.2 Å². The first-order valence-corrected chi connectivity index (χ1v) is 6.54. The van der Waals surface area contributed by atoms with E-state index in [-0.39, 0.29) is 5.82 Å². The van der Waals surface area contributed by atoms with E-state index in [0.717, 1.165) is 17.7 Å². The van der Waals surface area contributed by atoms with Crippen LogP contribution in [-0.2, 0) is 26.6 Å². The molecule has 0 radical (unpaired) electrons. The van der Waals surface area contributed by atoms with Crippen molar-refractivity contribution in [3.05, 3.63) is 52.6 Å². The lowest BCUT2D eigenvalue weighted by Gasteiger charge is -2.06. The summed E-state index contributed by atoms with van der Waals surface area (Å²) in [5.74, 6) is -0.323. The Kier molecular flexibility index (Phi) is 4.49. The fourth-order valence-corrected chi connectivity index (χ4v) is 2.18. The monoisotopic (exact) mass is 272 g/mol. The summed E-state index contributed by atoms with van der Waals surface area (Å²) in [6.07, 6.45) is 2.85. The molecule has 104 valence electrons. The first kappa shape index (κ1) is 14.2. The maximum Gasteiger partial charge on any atom is 0.123 e. The van der Waals surface area contributed by atoms with Crippen molar-refractivity contribution in [1.29, 1.82) is 5.26 Å². The van der Waals surface area contributed by atoms with Gasteiger partial charge in [0.05, 0.1) is 17.3 Å². The number of benzene rings is 1. The largest absolute Gasteiger partial charge is 0.308 e. The Balaban J connectivity index is 2.03. The van der Waals surface area contributed by atoms with Crippen molar-refractivity contribution in [3.8, 4) is 6.07 Å². The standard InChI is InChI=1S/C15H17FN4/c1-3-15-13(10-20(2)19-15)9-18-8-12-6-14(16)5-4-11(12)7-17/h4-6,10,18H,3,8-9H2,1-2H3. The molecule has 2 rings (SSSR count). The van der Waals surface area contributed by atoms with Gasteiger partial charge in [-0.1, -0.05) is 6.92 Å². The van der Waals surface area contributed by atoms with E-state index in [1.54, 1.807) is 4.68 Å². The van der Waals surface area contributed by atoms with Crippen LogP contribution in [0.4, 0.5) is 4.39 Å². The van der Waals surface area contributed by atoms with Gasteiger partial charge in [0.15, 0.2) is 0 Å². The maximum atomic E-state index is 13.2. The second kappa shape index (κ2) is 6.31. The first-order valence-electron chi connectivity index (χ1n) is 6.54. The summed E-state index contributed by atoms with van der Waals surface area (Å²) < 4.78 is 15.0. The van der Waals surface area contributed by atoms with Crippen LogP contribution in [0, 0.1) is 17.1 Å².